The lowest BCUT2D eigenvalue weighted by Crippen LogP contribution is -2.37. The first-order chi connectivity index (χ1) is 12.3. The zero-order valence-corrected chi connectivity index (χ0v) is 15.3. The molecule has 2 fully saturated rings. The van der Waals surface area contributed by atoms with Crippen LogP contribution in [-0.4, -0.2) is 39.5 Å². The van der Waals surface area contributed by atoms with Crippen LogP contribution in [0.2, 0.25) is 0 Å². The van der Waals surface area contributed by atoms with Crippen molar-refractivity contribution in [3.63, 3.8) is 0 Å². The highest BCUT2D eigenvalue weighted by atomic mass is 15.4. The molecule has 1 saturated heterocycles. The van der Waals surface area contributed by atoms with E-state index in [0.29, 0.717) is 17.9 Å². The first-order valence-corrected chi connectivity index (χ1v) is 9.98. The van der Waals surface area contributed by atoms with Gasteiger partial charge in [-0.1, -0.05) is 55.3 Å². The second kappa shape index (κ2) is 7.69. The smallest absolute Gasteiger partial charge is 0.0858 e. The fourth-order valence-corrected chi connectivity index (χ4v) is 4.52. The highest BCUT2D eigenvalue weighted by Gasteiger charge is 2.25. The van der Waals surface area contributed by atoms with Crippen molar-refractivity contribution in [3.05, 3.63) is 47.8 Å². The largest absolute Gasteiger partial charge is 0.303 e. The Kier molecular flexibility index (Phi) is 5.16. The Balaban J connectivity index is 1.29. The van der Waals surface area contributed by atoms with E-state index in [0.717, 1.165) is 6.54 Å². The first-order valence-electron chi connectivity index (χ1n) is 9.98. The van der Waals surface area contributed by atoms with Gasteiger partial charge in [0.15, 0.2) is 0 Å². The van der Waals surface area contributed by atoms with Gasteiger partial charge in [0.05, 0.1) is 11.7 Å². The van der Waals surface area contributed by atoms with Crippen LogP contribution >= 0.6 is 0 Å². The summed E-state index contributed by atoms with van der Waals surface area (Å²) in [6.07, 6.45) is 9.93. The van der Waals surface area contributed by atoms with Crippen molar-refractivity contribution in [2.45, 2.75) is 63.3 Å². The number of piperidine rings is 1. The van der Waals surface area contributed by atoms with Gasteiger partial charge in [0.1, 0.15) is 0 Å². The van der Waals surface area contributed by atoms with E-state index < -0.39 is 0 Å². The van der Waals surface area contributed by atoms with Gasteiger partial charge < -0.3 is 4.90 Å². The molecule has 1 unspecified atom stereocenters. The summed E-state index contributed by atoms with van der Waals surface area (Å²) in [5.74, 6) is 1.26. The molecule has 4 rings (SSSR count). The summed E-state index contributed by atoms with van der Waals surface area (Å²) < 4.78 is 2.16. The van der Waals surface area contributed by atoms with Gasteiger partial charge in [-0.05, 0) is 37.2 Å². The zero-order chi connectivity index (χ0) is 17.1. The van der Waals surface area contributed by atoms with Crippen LogP contribution in [-0.2, 0) is 0 Å². The molecule has 1 atom stereocenters. The summed E-state index contributed by atoms with van der Waals surface area (Å²) in [5.41, 5.74) is 2.68. The molecule has 2 aromatic rings. The van der Waals surface area contributed by atoms with Crippen LogP contribution < -0.4 is 0 Å². The van der Waals surface area contributed by atoms with Crippen molar-refractivity contribution in [1.82, 2.24) is 19.9 Å². The Bertz CT molecular complexity index is 652. The van der Waals surface area contributed by atoms with Crippen LogP contribution in [0.1, 0.15) is 74.6 Å². The number of aromatic nitrogens is 3. The van der Waals surface area contributed by atoms with Gasteiger partial charge in [-0.25, -0.2) is 4.68 Å². The first kappa shape index (κ1) is 16.8. The fraction of sp³-hybridized carbons (Fsp3) is 0.619. The average Bonchev–Trinajstić information content (AvgIpc) is 3.35. The molecule has 25 heavy (non-hydrogen) atoms. The van der Waals surface area contributed by atoms with Crippen molar-refractivity contribution in [2.24, 2.45) is 0 Å². The molecule has 0 spiro atoms. The summed E-state index contributed by atoms with van der Waals surface area (Å²) in [4.78, 5) is 2.61. The third-order valence-electron chi connectivity index (χ3n) is 6.13. The van der Waals surface area contributed by atoms with E-state index in [4.69, 9.17) is 0 Å². The monoisotopic (exact) mass is 338 g/mol. The molecule has 1 aromatic carbocycles. The molecule has 0 radical (unpaired) electrons. The van der Waals surface area contributed by atoms with Gasteiger partial charge in [-0.2, -0.15) is 0 Å². The highest BCUT2D eigenvalue weighted by Crippen LogP contribution is 2.33. The maximum Gasteiger partial charge on any atom is 0.0858 e. The van der Waals surface area contributed by atoms with Gasteiger partial charge in [0.25, 0.3) is 0 Å². The Morgan fingerprint density at radius 2 is 1.76 bits per heavy atom. The Labute approximate surface area is 151 Å². The topological polar surface area (TPSA) is 34.0 Å². The Morgan fingerprint density at radius 1 is 1.04 bits per heavy atom. The minimum atomic E-state index is 0.533. The molecule has 0 N–H and O–H groups in total. The number of hydrogen-bond donors (Lipinski definition) is 0. The van der Waals surface area contributed by atoms with E-state index in [1.807, 2.05) is 0 Å². The quantitative estimate of drug-likeness (QED) is 0.811. The number of benzene rings is 1. The Morgan fingerprint density at radius 3 is 2.48 bits per heavy atom. The molecule has 2 aliphatic rings. The normalized spacial score (nSPS) is 21.6. The van der Waals surface area contributed by atoms with E-state index >= 15 is 0 Å². The summed E-state index contributed by atoms with van der Waals surface area (Å²) in [7, 11) is 0. The third-order valence-corrected chi connectivity index (χ3v) is 6.13. The van der Waals surface area contributed by atoms with Crippen LogP contribution in [0.4, 0.5) is 0 Å². The molecule has 4 nitrogen and oxygen atoms in total. The van der Waals surface area contributed by atoms with Gasteiger partial charge in [0, 0.05) is 31.7 Å². The molecule has 1 aliphatic carbocycles. The lowest BCUT2D eigenvalue weighted by molar-refractivity contribution is 0.172. The summed E-state index contributed by atoms with van der Waals surface area (Å²) in [6.45, 7) is 5.83. The summed E-state index contributed by atoms with van der Waals surface area (Å²) in [6, 6.07) is 11.4. The van der Waals surface area contributed by atoms with E-state index in [9.17, 15) is 0 Å². The minimum Gasteiger partial charge on any atom is -0.303 e. The van der Waals surface area contributed by atoms with Crippen LogP contribution in [0.15, 0.2) is 36.5 Å². The molecule has 1 aliphatic heterocycles. The standard InChI is InChI=1S/C21H30N4/c1-17(18-7-3-2-4-8-18)15-24-13-11-20(12-14-24)25-16-21(22-23-25)19-9-5-6-10-19/h2-4,7-8,16-17,19-20H,5-6,9-15H2,1H3. The lowest BCUT2D eigenvalue weighted by atomic mass is 9.98. The third kappa shape index (κ3) is 3.95. The maximum atomic E-state index is 4.48. The van der Waals surface area contributed by atoms with Crippen LogP contribution in [0.25, 0.3) is 0 Å². The zero-order valence-electron chi connectivity index (χ0n) is 15.3. The van der Waals surface area contributed by atoms with Gasteiger partial charge >= 0.3 is 0 Å². The van der Waals surface area contributed by atoms with Crippen LogP contribution in [0, 0.1) is 0 Å². The molecule has 134 valence electrons. The molecular weight excluding hydrogens is 308 g/mol. The van der Waals surface area contributed by atoms with Crippen molar-refractivity contribution >= 4 is 0 Å². The van der Waals surface area contributed by atoms with Gasteiger partial charge in [-0.3, -0.25) is 0 Å². The number of hydrogen-bond acceptors (Lipinski definition) is 3. The molecule has 0 bridgehead atoms. The molecule has 1 aromatic heterocycles. The second-order valence-corrected chi connectivity index (χ2v) is 7.95. The number of nitrogens with zero attached hydrogens (tertiary/aromatic N) is 4. The van der Waals surface area contributed by atoms with Crippen LogP contribution in [0.5, 0.6) is 0 Å². The second-order valence-electron chi connectivity index (χ2n) is 7.95. The number of likely N-dealkylation sites (tertiary alicyclic amines) is 1. The number of rotatable bonds is 5. The summed E-state index contributed by atoms with van der Waals surface area (Å²) in [5, 5.41) is 8.95. The molecule has 2 heterocycles. The predicted molar refractivity (Wildman–Crippen MR) is 101 cm³/mol. The lowest BCUT2D eigenvalue weighted by Gasteiger charge is -2.33. The SMILES string of the molecule is CC(CN1CCC(n2cc(C3CCCC3)nn2)CC1)c1ccccc1. The highest BCUT2D eigenvalue weighted by molar-refractivity contribution is 5.19. The van der Waals surface area contributed by atoms with E-state index in [2.05, 4.69) is 63.3 Å². The molecule has 0 amide bonds. The molecule has 4 heteroatoms. The molecular formula is C21H30N4. The molecule has 1 saturated carbocycles. The van der Waals surface area contributed by atoms with Crippen molar-refractivity contribution in [2.75, 3.05) is 19.6 Å². The van der Waals surface area contributed by atoms with Crippen molar-refractivity contribution in [3.8, 4) is 0 Å². The predicted octanol–water partition coefficient (Wildman–Crippen LogP) is 4.38. The van der Waals surface area contributed by atoms with Gasteiger partial charge in [-0.15, -0.1) is 5.10 Å². The van der Waals surface area contributed by atoms with Crippen molar-refractivity contribution < 1.29 is 0 Å². The van der Waals surface area contributed by atoms with Crippen LogP contribution in [0.3, 0.4) is 0 Å². The van der Waals surface area contributed by atoms with Crippen molar-refractivity contribution in [1.29, 1.82) is 0 Å². The average molecular weight is 338 g/mol. The summed E-state index contributed by atoms with van der Waals surface area (Å²) >= 11 is 0. The minimum absolute atomic E-state index is 0.533. The fourth-order valence-electron chi connectivity index (χ4n) is 4.52. The van der Waals surface area contributed by atoms with Gasteiger partial charge in [0.2, 0.25) is 0 Å². The van der Waals surface area contributed by atoms with E-state index in [1.165, 1.54) is 62.9 Å². The van der Waals surface area contributed by atoms with E-state index in [-0.39, 0.29) is 0 Å². The van der Waals surface area contributed by atoms with E-state index in [1.54, 1.807) is 0 Å². The Hall–Kier alpha value is -1.68. The maximum absolute atomic E-state index is 4.48.